The van der Waals surface area contributed by atoms with E-state index in [1.54, 1.807) is 18.3 Å². The van der Waals surface area contributed by atoms with Crippen LogP contribution in [0, 0.1) is 0 Å². The van der Waals surface area contributed by atoms with Crippen molar-refractivity contribution in [3.63, 3.8) is 0 Å². The Hall–Kier alpha value is -2.83. The first-order chi connectivity index (χ1) is 12.1. The lowest BCUT2D eigenvalue weighted by Gasteiger charge is -2.22. The molecule has 132 valence electrons. The molecule has 0 aliphatic heterocycles. The SMILES string of the molecule is O=C(O)c1coc(C(=O)NCc2ccnc(OC3CCCCC3)c2)c1. The summed E-state index contributed by atoms with van der Waals surface area (Å²) in [5.41, 5.74) is 0.788. The number of amides is 1. The molecule has 25 heavy (non-hydrogen) atoms. The number of nitrogens with one attached hydrogen (secondary N) is 1. The molecule has 2 aromatic heterocycles. The van der Waals surface area contributed by atoms with Crippen LogP contribution >= 0.6 is 0 Å². The van der Waals surface area contributed by atoms with Gasteiger partial charge in [-0.3, -0.25) is 4.79 Å². The third-order valence-corrected chi connectivity index (χ3v) is 4.16. The highest BCUT2D eigenvalue weighted by atomic mass is 16.5. The van der Waals surface area contributed by atoms with Crippen LogP contribution in [0.25, 0.3) is 0 Å². The normalized spacial score (nSPS) is 14.9. The van der Waals surface area contributed by atoms with Gasteiger partial charge in [0.05, 0.1) is 5.56 Å². The summed E-state index contributed by atoms with van der Waals surface area (Å²) in [7, 11) is 0. The number of aromatic nitrogens is 1. The minimum Gasteiger partial charge on any atom is -0.478 e. The van der Waals surface area contributed by atoms with Gasteiger partial charge < -0.3 is 19.6 Å². The number of furan rings is 1. The quantitative estimate of drug-likeness (QED) is 0.835. The van der Waals surface area contributed by atoms with E-state index in [0.717, 1.165) is 24.7 Å². The first-order valence-electron chi connectivity index (χ1n) is 8.33. The lowest BCUT2D eigenvalue weighted by atomic mass is 9.98. The molecule has 2 aromatic rings. The predicted molar refractivity (Wildman–Crippen MR) is 88.6 cm³/mol. The molecule has 2 heterocycles. The molecule has 7 heteroatoms. The molecule has 3 rings (SSSR count). The molecule has 0 radical (unpaired) electrons. The third kappa shape index (κ3) is 4.59. The smallest absolute Gasteiger partial charge is 0.338 e. The topological polar surface area (TPSA) is 102 Å². The van der Waals surface area contributed by atoms with Gasteiger partial charge in [0.15, 0.2) is 5.76 Å². The molecule has 0 saturated heterocycles. The fourth-order valence-electron chi connectivity index (χ4n) is 2.82. The lowest BCUT2D eigenvalue weighted by molar-refractivity contribution is 0.0695. The maximum atomic E-state index is 12.0. The molecule has 0 atom stereocenters. The van der Waals surface area contributed by atoms with Crippen LogP contribution in [0.4, 0.5) is 0 Å². The third-order valence-electron chi connectivity index (χ3n) is 4.16. The second kappa shape index (κ2) is 7.83. The van der Waals surface area contributed by atoms with Gasteiger partial charge in [0.1, 0.15) is 12.4 Å². The van der Waals surface area contributed by atoms with E-state index in [-0.39, 0.29) is 24.0 Å². The van der Waals surface area contributed by atoms with Gasteiger partial charge in [-0.15, -0.1) is 0 Å². The van der Waals surface area contributed by atoms with Gasteiger partial charge in [-0.1, -0.05) is 6.42 Å². The molecule has 1 aliphatic carbocycles. The molecule has 0 aromatic carbocycles. The van der Waals surface area contributed by atoms with Crippen LogP contribution < -0.4 is 10.1 Å². The summed E-state index contributed by atoms with van der Waals surface area (Å²) in [5.74, 6) is -1.09. The van der Waals surface area contributed by atoms with Gasteiger partial charge in [-0.2, -0.15) is 0 Å². The van der Waals surface area contributed by atoms with E-state index in [1.165, 1.54) is 25.3 Å². The molecule has 1 amide bonds. The molecule has 1 saturated carbocycles. The van der Waals surface area contributed by atoms with Crippen molar-refractivity contribution in [2.24, 2.45) is 0 Å². The molecule has 0 unspecified atom stereocenters. The summed E-state index contributed by atoms with van der Waals surface area (Å²) in [6.45, 7) is 0.269. The first-order valence-corrected chi connectivity index (χ1v) is 8.33. The molecule has 0 spiro atoms. The van der Waals surface area contributed by atoms with Crippen molar-refractivity contribution in [3.05, 3.63) is 47.5 Å². The van der Waals surface area contributed by atoms with E-state index in [4.69, 9.17) is 14.3 Å². The standard InChI is InChI=1S/C18H20N2O5/c21-17(15-9-13(11-24-15)18(22)23)20-10-12-6-7-19-16(8-12)25-14-4-2-1-3-5-14/h6-9,11,14H,1-5,10H2,(H,20,21)(H,22,23). The van der Waals surface area contributed by atoms with Crippen molar-refractivity contribution >= 4 is 11.9 Å². The summed E-state index contributed by atoms with van der Waals surface area (Å²) in [5, 5.41) is 11.5. The summed E-state index contributed by atoms with van der Waals surface area (Å²) in [6.07, 6.45) is 8.62. The Bertz CT molecular complexity index is 749. The Labute approximate surface area is 145 Å². The molecule has 7 nitrogen and oxygen atoms in total. The van der Waals surface area contributed by atoms with Crippen LogP contribution in [-0.2, 0) is 6.54 Å². The van der Waals surface area contributed by atoms with Crippen LogP contribution in [0.1, 0.15) is 58.6 Å². The van der Waals surface area contributed by atoms with Crippen LogP contribution in [0.3, 0.4) is 0 Å². The summed E-state index contributed by atoms with van der Waals surface area (Å²) in [4.78, 5) is 27.0. The molecule has 1 aliphatic rings. The van der Waals surface area contributed by atoms with Crippen LogP contribution in [0.2, 0.25) is 0 Å². The van der Waals surface area contributed by atoms with Crippen molar-refractivity contribution in [1.82, 2.24) is 10.3 Å². The fraction of sp³-hybridized carbons (Fsp3) is 0.389. The van der Waals surface area contributed by atoms with Gasteiger partial charge in [0.2, 0.25) is 5.88 Å². The maximum absolute atomic E-state index is 12.0. The first kappa shape index (κ1) is 17.0. The Morgan fingerprint density at radius 2 is 2.08 bits per heavy atom. The number of aromatic carboxylic acids is 1. The highest BCUT2D eigenvalue weighted by Crippen LogP contribution is 2.22. The van der Waals surface area contributed by atoms with E-state index < -0.39 is 11.9 Å². The number of hydrogen-bond donors (Lipinski definition) is 2. The highest BCUT2D eigenvalue weighted by Gasteiger charge is 2.16. The molecule has 1 fully saturated rings. The minimum atomic E-state index is -1.14. The predicted octanol–water partition coefficient (Wildman–Crippen LogP) is 3.01. The molecular weight excluding hydrogens is 324 g/mol. The number of nitrogens with zero attached hydrogens (tertiary/aromatic N) is 1. The maximum Gasteiger partial charge on any atom is 0.338 e. The van der Waals surface area contributed by atoms with Crippen molar-refractivity contribution < 1.29 is 23.8 Å². The number of carboxylic acids is 1. The van der Waals surface area contributed by atoms with Crippen molar-refractivity contribution in [3.8, 4) is 5.88 Å². The van der Waals surface area contributed by atoms with E-state index in [1.807, 2.05) is 0 Å². The van der Waals surface area contributed by atoms with Gasteiger partial charge in [0, 0.05) is 24.9 Å². The van der Waals surface area contributed by atoms with Gasteiger partial charge in [0.25, 0.3) is 5.91 Å². The highest BCUT2D eigenvalue weighted by molar-refractivity contribution is 5.95. The number of carboxylic acid groups (broad SMARTS) is 1. The zero-order chi connectivity index (χ0) is 17.6. The van der Waals surface area contributed by atoms with Crippen molar-refractivity contribution in [2.75, 3.05) is 0 Å². The lowest BCUT2D eigenvalue weighted by Crippen LogP contribution is -2.23. The van der Waals surface area contributed by atoms with E-state index >= 15 is 0 Å². The van der Waals surface area contributed by atoms with Crippen LogP contribution in [0.15, 0.2) is 35.1 Å². The monoisotopic (exact) mass is 344 g/mol. The zero-order valence-corrected chi connectivity index (χ0v) is 13.7. The zero-order valence-electron chi connectivity index (χ0n) is 13.7. The van der Waals surface area contributed by atoms with Gasteiger partial charge >= 0.3 is 5.97 Å². The molecule has 2 N–H and O–H groups in total. The van der Waals surface area contributed by atoms with E-state index in [0.29, 0.717) is 5.88 Å². The average molecular weight is 344 g/mol. The number of pyridine rings is 1. The second-order valence-electron chi connectivity index (χ2n) is 6.07. The fourth-order valence-corrected chi connectivity index (χ4v) is 2.82. The number of ether oxygens (including phenoxy) is 1. The molecule has 0 bridgehead atoms. The number of rotatable bonds is 6. The Balaban J connectivity index is 1.56. The van der Waals surface area contributed by atoms with Crippen molar-refractivity contribution in [1.29, 1.82) is 0 Å². The van der Waals surface area contributed by atoms with Crippen LogP contribution in [-0.4, -0.2) is 28.1 Å². The summed E-state index contributed by atoms with van der Waals surface area (Å²) >= 11 is 0. The molecular formula is C18H20N2O5. The Morgan fingerprint density at radius 1 is 1.28 bits per heavy atom. The summed E-state index contributed by atoms with van der Waals surface area (Å²) < 4.78 is 10.9. The summed E-state index contributed by atoms with van der Waals surface area (Å²) in [6, 6.07) is 4.79. The largest absolute Gasteiger partial charge is 0.478 e. The number of hydrogen-bond acceptors (Lipinski definition) is 5. The average Bonchev–Trinajstić information content (AvgIpc) is 3.11. The number of carbonyl (C=O) groups is 2. The van der Waals surface area contributed by atoms with Gasteiger partial charge in [-0.05, 0) is 37.3 Å². The van der Waals surface area contributed by atoms with Crippen molar-refractivity contribution in [2.45, 2.75) is 44.8 Å². The van der Waals surface area contributed by atoms with Gasteiger partial charge in [-0.25, -0.2) is 9.78 Å². The van der Waals surface area contributed by atoms with E-state index in [9.17, 15) is 9.59 Å². The van der Waals surface area contributed by atoms with Crippen LogP contribution in [0.5, 0.6) is 5.88 Å². The Morgan fingerprint density at radius 3 is 2.80 bits per heavy atom. The second-order valence-corrected chi connectivity index (χ2v) is 6.07. The minimum absolute atomic E-state index is 0.0369. The number of carbonyl (C=O) groups excluding carboxylic acids is 1. The van der Waals surface area contributed by atoms with E-state index in [2.05, 4.69) is 10.3 Å². The Kier molecular flexibility index (Phi) is 5.33.